The van der Waals surface area contributed by atoms with Gasteiger partial charge in [-0.15, -0.1) is 0 Å². The number of carboxylic acid groups (broad SMARTS) is 1. The summed E-state index contributed by atoms with van der Waals surface area (Å²) in [6, 6.07) is 1.87. The van der Waals surface area contributed by atoms with E-state index in [1.165, 1.54) is 12.1 Å². The molecular weight excluding hydrogens is 249 g/mol. The minimum Gasteiger partial charge on any atom is -0.480 e. The lowest BCUT2D eigenvalue weighted by Gasteiger charge is -2.18. The maximum absolute atomic E-state index is 13.5. The van der Waals surface area contributed by atoms with Gasteiger partial charge >= 0.3 is 5.97 Å². The number of nitrogens with one attached hydrogen (secondary N) is 1. The molecular formula is C14H18FNO3. The molecule has 5 heteroatoms. The molecule has 104 valence electrons. The zero-order valence-electron chi connectivity index (χ0n) is 11.5. The van der Waals surface area contributed by atoms with Gasteiger partial charge in [0.1, 0.15) is 11.9 Å². The summed E-state index contributed by atoms with van der Waals surface area (Å²) < 4.78 is 13.5. The first kappa shape index (κ1) is 15.1. The second-order valence-electron chi connectivity index (χ2n) is 4.96. The monoisotopic (exact) mass is 267 g/mol. The number of benzene rings is 1. The van der Waals surface area contributed by atoms with Crippen LogP contribution in [0.5, 0.6) is 0 Å². The summed E-state index contributed by atoms with van der Waals surface area (Å²) in [5, 5.41) is 11.5. The minimum atomic E-state index is -1.08. The minimum absolute atomic E-state index is 0.232. The van der Waals surface area contributed by atoms with Crippen LogP contribution in [-0.2, 0) is 4.79 Å². The third-order valence-electron chi connectivity index (χ3n) is 2.92. The molecule has 0 aromatic heterocycles. The molecule has 0 aliphatic heterocycles. The van der Waals surface area contributed by atoms with Crippen molar-refractivity contribution >= 4 is 11.9 Å². The molecule has 0 spiro atoms. The van der Waals surface area contributed by atoms with Gasteiger partial charge in [-0.3, -0.25) is 4.79 Å². The van der Waals surface area contributed by atoms with Crippen LogP contribution in [0.25, 0.3) is 0 Å². The van der Waals surface area contributed by atoms with Gasteiger partial charge in [0.15, 0.2) is 0 Å². The first-order chi connectivity index (χ1) is 8.73. The lowest BCUT2D eigenvalue weighted by molar-refractivity contribution is -0.140. The van der Waals surface area contributed by atoms with Crippen molar-refractivity contribution in [3.05, 3.63) is 34.6 Å². The van der Waals surface area contributed by atoms with Gasteiger partial charge in [-0.1, -0.05) is 13.8 Å². The Hall–Kier alpha value is -1.91. The van der Waals surface area contributed by atoms with Crippen LogP contribution >= 0.6 is 0 Å². The maximum atomic E-state index is 13.5. The summed E-state index contributed by atoms with van der Waals surface area (Å²) in [6.45, 7) is 6.55. The van der Waals surface area contributed by atoms with E-state index in [2.05, 4.69) is 5.32 Å². The van der Waals surface area contributed by atoms with Gasteiger partial charge < -0.3 is 10.4 Å². The number of carboxylic acids is 1. The lowest BCUT2D eigenvalue weighted by atomic mass is 10.0. The summed E-state index contributed by atoms with van der Waals surface area (Å²) in [5.74, 6) is -2.18. The average Bonchev–Trinajstić information content (AvgIpc) is 2.31. The number of amides is 1. The van der Waals surface area contributed by atoms with Crippen LogP contribution in [0, 0.1) is 25.6 Å². The summed E-state index contributed by atoms with van der Waals surface area (Å²) in [7, 11) is 0. The number of aryl methyl sites for hydroxylation is 2. The Morgan fingerprint density at radius 3 is 2.05 bits per heavy atom. The molecule has 1 atom stereocenters. The zero-order chi connectivity index (χ0) is 14.7. The molecule has 0 fully saturated rings. The normalized spacial score (nSPS) is 12.3. The Balaban J connectivity index is 2.98. The van der Waals surface area contributed by atoms with Crippen molar-refractivity contribution in [1.29, 1.82) is 0 Å². The molecule has 2 N–H and O–H groups in total. The Kier molecular flexibility index (Phi) is 4.64. The summed E-state index contributed by atoms with van der Waals surface area (Å²) in [6.07, 6.45) is 0. The number of halogens is 1. The quantitative estimate of drug-likeness (QED) is 0.879. The molecule has 0 heterocycles. The molecule has 0 bridgehead atoms. The van der Waals surface area contributed by atoms with E-state index < -0.39 is 17.9 Å². The number of aliphatic carboxylic acids is 1. The topological polar surface area (TPSA) is 66.4 Å². The van der Waals surface area contributed by atoms with Crippen molar-refractivity contribution in [2.24, 2.45) is 5.92 Å². The smallest absolute Gasteiger partial charge is 0.326 e. The predicted octanol–water partition coefficient (Wildman–Crippen LogP) is 2.28. The van der Waals surface area contributed by atoms with Crippen molar-refractivity contribution in [3.63, 3.8) is 0 Å². The highest BCUT2D eigenvalue weighted by Gasteiger charge is 2.24. The van der Waals surface area contributed by atoms with Gasteiger partial charge in [-0.05, 0) is 43.0 Å². The molecule has 0 aliphatic carbocycles. The zero-order valence-corrected chi connectivity index (χ0v) is 11.5. The maximum Gasteiger partial charge on any atom is 0.326 e. The Bertz CT molecular complexity index is 488. The first-order valence-electron chi connectivity index (χ1n) is 6.04. The second-order valence-corrected chi connectivity index (χ2v) is 4.96. The highest BCUT2D eigenvalue weighted by molar-refractivity contribution is 5.97. The second kappa shape index (κ2) is 5.82. The Morgan fingerprint density at radius 1 is 1.21 bits per heavy atom. The van der Waals surface area contributed by atoms with Gasteiger partial charge in [-0.25, -0.2) is 9.18 Å². The number of carbonyl (C=O) groups is 2. The van der Waals surface area contributed by atoms with Crippen LogP contribution < -0.4 is 5.32 Å². The van der Waals surface area contributed by atoms with E-state index in [0.29, 0.717) is 11.1 Å². The molecule has 19 heavy (non-hydrogen) atoms. The number of hydrogen-bond donors (Lipinski definition) is 2. The van der Waals surface area contributed by atoms with Gasteiger partial charge in [0.05, 0.1) is 0 Å². The van der Waals surface area contributed by atoms with Gasteiger partial charge in [0, 0.05) is 5.56 Å². The molecule has 4 nitrogen and oxygen atoms in total. The van der Waals surface area contributed by atoms with Crippen LogP contribution in [-0.4, -0.2) is 23.0 Å². The van der Waals surface area contributed by atoms with Crippen molar-refractivity contribution < 1.29 is 19.1 Å². The third kappa shape index (κ3) is 3.53. The van der Waals surface area contributed by atoms with E-state index >= 15 is 0 Å². The molecule has 1 amide bonds. The van der Waals surface area contributed by atoms with Crippen LogP contribution in [0.3, 0.4) is 0 Å². The van der Waals surface area contributed by atoms with E-state index in [1.54, 1.807) is 27.7 Å². The summed E-state index contributed by atoms with van der Waals surface area (Å²) >= 11 is 0. The van der Waals surface area contributed by atoms with Crippen molar-refractivity contribution in [2.45, 2.75) is 33.7 Å². The Morgan fingerprint density at radius 2 is 1.68 bits per heavy atom. The van der Waals surface area contributed by atoms with E-state index in [1.807, 2.05) is 0 Å². The highest BCUT2D eigenvalue weighted by Crippen LogP contribution is 2.15. The van der Waals surface area contributed by atoms with Gasteiger partial charge in [0.25, 0.3) is 5.91 Å². The van der Waals surface area contributed by atoms with E-state index in [4.69, 9.17) is 5.11 Å². The molecule has 0 unspecified atom stereocenters. The first-order valence-corrected chi connectivity index (χ1v) is 6.04. The number of hydrogen-bond acceptors (Lipinski definition) is 2. The lowest BCUT2D eigenvalue weighted by Crippen LogP contribution is -2.44. The van der Waals surface area contributed by atoms with Crippen molar-refractivity contribution in [3.8, 4) is 0 Å². The predicted molar refractivity (Wildman–Crippen MR) is 69.6 cm³/mol. The van der Waals surface area contributed by atoms with Crippen LogP contribution in [0.15, 0.2) is 12.1 Å². The van der Waals surface area contributed by atoms with Crippen LogP contribution in [0.4, 0.5) is 4.39 Å². The standard InChI is InChI=1S/C14H18FNO3/c1-7(2)12(14(18)19)16-13(17)10-5-8(3)11(15)9(4)6-10/h5-7,12H,1-4H3,(H,16,17)(H,18,19)/t12-/m1/s1. The van der Waals surface area contributed by atoms with E-state index in [-0.39, 0.29) is 17.3 Å². The molecule has 0 radical (unpaired) electrons. The van der Waals surface area contributed by atoms with Crippen LogP contribution in [0.2, 0.25) is 0 Å². The fourth-order valence-electron chi connectivity index (χ4n) is 1.82. The Labute approximate surface area is 111 Å². The van der Waals surface area contributed by atoms with Gasteiger partial charge in [-0.2, -0.15) is 0 Å². The number of rotatable bonds is 4. The molecule has 0 saturated heterocycles. The average molecular weight is 267 g/mol. The van der Waals surface area contributed by atoms with E-state index in [9.17, 15) is 14.0 Å². The van der Waals surface area contributed by atoms with Crippen LogP contribution in [0.1, 0.15) is 35.3 Å². The van der Waals surface area contributed by atoms with E-state index in [0.717, 1.165) is 0 Å². The van der Waals surface area contributed by atoms with Crippen molar-refractivity contribution in [1.82, 2.24) is 5.32 Å². The third-order valence-corrected chi connectivity index (χ3v) is 2.92. The largest absolute Gasteiger partial charge is 0.480 e. The van der Waals surface area contributed by atoms with Gasteiger partial charge in [0.2, 0.25) is 0 Å². The summed E-state index contributed by atoms with van der Waals surface area (Å²) in [5.41, 5.74) is 0.992. The summed E-state index contributed by atoms with van der Waals surface area (Å²) in [4.78, 5) is 23.0. The fraction of sp³-hybridized carbons (Fsp3) is 0.429. The molecule has 1 aromatic carbocycles. The fourth-order valence-corrected chi connectivity index (χ4v) is 1.82. The molecule has 0 aliphatic rings. The SMILES string of the molecule is Cc1cc(C(=O)N[C@@H](C(=O)O)C(C)C)cc(C)c1F. The molecule has 0 saturated carbocycles. The molecule has 1 aromatic rings. The van der Waals surface area contributed by atoms with Crippen molar-refractivity contribution in [2.75, 3.05) is 0 Å². The highest BCUT2D eigenvalue weighted by atomic mass is 19.1. The number of carbonyl (C=O) groups excluding carboxylic acids is 1. The molecule has 1 rings (SSSR count).